The van der Waals surface area contributed by atoms with Gasteiger partial charge in [0, 0.05) is 12.1 Å². The van der Waals surface area contributed by atoms with Crippen LogP contribution in [0, 0.1) is 0 Å². The normalized spacial score (nSPS) is 22.6. The molecule has 0 aliphatic carbocycles. The summed E-state index contributed by atoms with van der Waals surface area (Å²) in [6, 6.07) is 5.80. The van der Waals surface area contributed by atoms with Gasteiger partial charge in [-0.2, -0.15) is 8.42 Å². The molecule has 0 aromatic heterocycles. The van der Waals surface area contributed by atoms with E-state index in [9.17, 15) is 18.0 Å². The van der Waals surface area contributed by atoms with Crippen LogP contribution in [0.25, 0.3) is 0 Å². The summed E-state index contributed by atoms with van der Waals surface area (Å²) in [6.45, 7) is 1.87. The Hall–Kier alpha value is -2.42. The SMILES string of the molecule is C[C@@H](OC(=O)[C@@H]1CCCN1C1=NS(=O)(=O)c2ccccc21)C(N)=O. The number of benzene rings is 1. The van der Waals surface area contributed by atoms with E-state index in [0.717, 1.165) is 0 Å². The number of nitrogens with zero attached hydrogens (tertiary/aromatic N) is 2. The summed E-state index contributed by atoms with van der Waals surface area (Å²) in [7, 11) is -3.76. The highest BCUT2D eigenvalue weighted by Gasteiger charge is 2.40. The van der Waals surface area contributed by atoms with Gasteiger partial charge >= 0.3 is 5.97 Å². The van der Waals surface area contributed by atoms with Gasteiger partial charge in [-0.1, -0.05) is 12.1 Å². The Bertz CT molecular complexity index is 833. The average Bonchev–Trinajstić information content (AvgIpc) is 3.10. The zero-order chi connectivity index (χ0) is 17.5. The van der Waals surface area contributed by atoms with Gasteiger partial charge in [-0.05, 0) is 31.9 Å². The topological polar surface area (TPSA) is 119 Å². The minimum Gasteiger partial charge on any atom is -0.451 e. The van der Waals surface area contributed by atoms with Crippen LogP contribution in [0.4, 0.5) is 0 Å². The molecule has 1 fully saturated rings. The van der Waals surface area contributed by atoms with Gasteiger partial charge in [0.2, 0.25) is 0 Å². The van der Waals surface area contributed by atoms with Crippen LogP contribution in [-0.4, -0.2) is 49.7 Å². The quantitative estimate of drug-likeness (QED) is 0.767. The number of hydrogen-bond acceptors (Lipinski definition) is 6. The maximum atomic E-state index is 12.3. The summed E-state index contributed by atoms with van der Waals surface area (Å²) in [4.78, 5) is 25.1. The van der Waals surface area contributed by atoms with Crippen LogP contribution < -0.4 is 5.73 Å². The van der Waals surface area contributed by atoms with E-state index in [1.807, 2.05) is 0 Å². The van der Waals surface area contributed by atoms with Crippen molar-refractivity contribution in [3.8, 4) is 0 Å². The molecule has 2 N–H and O–H groups in total. The first-order chi connectivity index (χ1) is 11.3. The van der Waals surface area contributed by atoms with Gasteiger partial charge in [0.25, 0.3) is 15.9 Å². The molecule has 2 aliphatic heterocycles. The van der Waals surface area contributed by atoms with Crippen molar-refractivity contribution in [3.05, 3.63) is 29.8 Å². The number of carbonyl (C=O) groups is 2. The maximum absolute atomic E-state index is 12.3. The predicted octanol–water partition coefficient (Wildman–Crippen LogP) is 0.0169. The molecule has 0 saturated carbocycles. The molecule has 1 amide bonds. The van der Waals surface area contributed by atoms with Crippen molar-refractivity contribution >= 4 is 27.7 Å². The first-order valence-electron chi connectivity index (χ1n) is 7.52. The molecule has 1 aromatic rings. The molecule has 8 nitrogen and oxygen atoms in total. The van der Waals surface area contributed by atoms with E-state index in [1.165, 1.54) is 13.0 Å². The molecule has 0 bridgehead atoms. The lowest BCUT2D eigenvalue weighted by Gasteiger charge is -2.25. The van der Waals surface area contributed by atoms with Gasteiger partial charge < -0.3 is 15.4 Å². The number of rotatable bonds is 3. The zero-order valence-corrected chi connectivity index (χ0v) is 13.8. The first kappa shape index (κ1) is 16.4. The average molecular weight is 351 g/mol. The molecule has 3 rings (SSSR count). The number of ether oxygens (including phenoxy) is 1. The van der Waals surface area contributed by atoms with Crippen LogP contribution in [0.15, 0.2) is 33.6 Å². The number of esters is 1. The van der Waals surface area contributed by atoms with E-state index in [1.54, 1.807) is 23.1 Å². The third-order valence-corrected chi connectivity index (χ3v) is 5.43. The molecular weight excluding hydrogens is 334 g/mol. The predicted molar refractivity (Wildman–Crippen MR) is 84.6 cm³/mol. The maximum Gasteiger partial charge on any atom is 0.329 e. The number of primary amides is 1. The number of likely N-dealkylation sites (tertiary alicyclic amines) is 1. The molecule has 9 heteroatoms. The lowest BCUT2D eigenvalue weighted by atomic mass is 10.1. The van der Waals surface area contributed by atoms with Crippen LogP contribution in [0.5, 0.6) is 0 Å². The van der Waals surface area contributed by atoms with Crippen LogP contribution in [-0.2, 0) is 24.3 Å². The molecule has 128 valence electrons. The minimum atomic E-state index is -3.76. The Morgan fingerprint density at radius 2 is 2.08 bits per heavy atom. The Balaban J connectivity index is 1.90. The van der Waals surface area contributed by atoms with E-state index >= 15 is 0 Å². The molecular formula is C15H17N3O5S. The van der Waals surface area contributed by atoms with Gasteiger partial charge in [0.15, 0.2) is 11.9 Å². The van der Waals surface area contributed by atoms with Crippen LogP contribution in [0.1, 0.15) is 25.3 Å². The van der Waals surface area contributed by atoms with Crippen molar-refractivity contribution in [2.45, 2.75) is 36.8 Å². The van der Waals surface area contributed by atoms with Gasteiger partial charge in [0.1, 0.15) is 10.9 Å². The Kier molecular flexibility index (Phi) is 4.04. The van der Waals surface area contributed by atoms with Crippen molar-refractivity contribution in [1.29, 1.82) is 0 Å². The molecule has 24 heavy (non-hydrogen) atoms. The minimum absolute atomic E-state index is 0.129. The fourth-order valence-electron chi connectivity index (χ4n) is 2.87. The largest absolute Gasteiger partial charge is 0.451 e. The fourth-order valence-corrected chi connectivity index (χ4v) is 4.09. The van der Waals surface area contributed by atoms with Crippen molar-refractivity contribution in [2.24, 2.45) is 10.1 Å². The summed E-state index contributed by atoms with van der Waals surface area (Å²) < 4.78 is 33.2. The highest BCUT2D eigenvalue weighted by molar-refractivity contribution is 7.90. The summed E-state index contributed by atoms with van der Waals surface area (Å²) >= 11 is 0. The van der Waals surface area contributed by atoms with E-state index in [4.69, 9.17) is 10.5 Å². The van der Waals surface area contributed by atoms with Crippen molar-refractivity contribution in [1.82, 2.24) is 4.90 Å². The zero-order valence-electron chi connectivity index (χ0n) is 13.0. The van der Waals surface area contributed by atoms with Gasteiger partial charge in [-0.15, -0.1) is 4.40 Å². The smallest absolute Gasteiger partial charge is 0.329 e. The van der Waals surface area contributed by atoms with E-state index < -0.39 is 34.0 Å². The van der Waals surface area contributed by atoms with Crippen LogP contribution >= 0.6 is 0 Å². The lowest BCUT2D eigenvalue weighted by Crippen LogP contribution is -2.43. The van der Waals surface area contributed by atoms with E-state index in [-0.39, 0.29) is 10.7 Å². The molecule has 2 aliphatic rings. The Labute approximate surface area is 139 Å². The number of carbonyl (C=O) groups excluding carboxylic acids is 2. The fraction of sp³-hybridized carbons (Fsp3) is 0.400. The van der Waals surface area contributed by atoms with Crippen LogP contribution in [0.2, 0.25) is 0 Å². The number of amidine groups is 1. The summed E-state index contributed by atoms with van der Waals surface area (Å²) in [6.07, 6.45) is 0.138. The number of fused-ring (bicyclic) bond motifs is 1. The second-order valence-electron chi connectivity index (χ2n) is 5.72. The summed E-state index contributed by atoms with van der Waals surface area (Å²) in [5, 5.41) is 0. The number of amides is 1. The molecule has 1 saturated heterocycles. The molecule has 2 heterocycles. The third-order valence-electron chi connectivity index (χ3n) is 4.10. The second-order valence-corrected chi connectivity index (χ2v) is 7.29. The molecule has 2 atom stereocenters. The standard InChI is InChI=1S/C15H17N3O5S/c1-9(13(16)19)23-15(20)11-6-4-8-18(11)14-10-5-2-3-7-12(10)24(21,22)17-14/h2-3,5,7,9,11H,4,6,8H2,1H3,(H2,16,19)/t9-,11+/m1/s1. The molecule has 0 spiro atoms. The van der Waals surface area contributed by atoms with Gasteiger partial charge in [-0.25, -0.2) is 4.79 Å². The van der Waals surface area contributed by atoms with Crippen LogP contribution in [0.3, 0.4) is 0 Å². The first-order valence-corrected chi connectivity index (χ1v) is 8.96. The number of hydrogen-bond donors (Lipinski definition) is 1. The molecule has 0 unspecified atom stereocenters. The number of nitrogens with two attached hydrogens (primary N) is 1. The Morgan fingerprint density at radius 3 is 2.79 bits per heavy atom. The second kappa shape index (κ2) is 5.90. The van der Waals surface area contributed by atoms with Gasteiger partial charge in [0.05, 0.1) is 0 Å². The highest BCUT2D eigenvalue weighted by Crippen LogP contribution is 2.31. The highest BCUT2D eigenvalue weighted by atomic mass is 32.2. The van der Waals surface area contributed by atoms with Crippen molar-refractivity contribution < 1.29 is 22.7 Å². The third kappa shape index (κ3) is 2.75. The van der Waals surface area contributed by atoms with Crippen molar-refractivity contribution in [2.75, 3.05) is 6.54 Å². The summed E-state index contributed by atoms with van der Waals surface area (Å²) in [5.74, 6) is -1.10. The monoisotopic (exact) mass is 351 g/mol. The van der Waals surface area contributed by atoms with E-state index in [0.29, 0.717) is 24.9 Å². The van der Waals surface area contributed by atoms with E-state index in [2.05, 4.69) is 4.40 Å². The lowest BCUT2D eigenvalue weighted by molar-refractivity contribution is -0.157. The number of sulfonamides is 1. The Morgan fingerprint density at radius 1 is 1.38 bits per heavy atom. The van der Waals surface area contributed by atoms with Crippen molar-refractivity contribution in [3.63, 3.8) is 0 Å². The molecule has 0 radical (unpaired) electrons. The van der Waals surface area contributed by atoms with Gasteiger partial charge in [-0.3, -0.25) is 4.79 Å². The summed E-state index contributed by atoms with van der Waals surface area (Å²) in [5.41, 5.74) is 5.58. The molecule has 1 aromatic carbocycles.